The lowest BCUT2D eigenvalue weighted by Crippen LogP contribution is -2.31. The van der Waals surface area contributed by atoms with Crippen LogP contribution in [0.1, 0.15) is 16.1 Å². The van der Waals surface area contributed by atoms with Gasteiger partial charge in [-0.2, -0.15) is 0 Å². The molecule has 0 radical (unpaired) electrons. The van der Waals surface area contributed by atoms with Crippen LogP contribution in [-0.4, -0.2) is 27.4 Å². The second-order valence-corrected chi connectivity index (χ2v) is 5.88. The summed E-state index contributed by atoms with van der Waals surface area (Å²) in [5.41, 5.74) is 3.27. The first kappa shape index (κ1) is 14.8. The van der Waals surface area contributed by atoms with Crippen molar-refractivity contribution < 1.29 is 9.18 Å². The predicted octanol–water partition coefficient (Wildman–Crippen LogP) is 3.22. The molecule has 0 aliphatic carbocycles. The van der Waals surface area contributed by atoms with Crippen LogP contribution >= 0.6 is 11.6 Å². The molecule has 3 aromatic rings. The highest BCUT2D eigenvalue weighted by Gasteiger charge is 2.20. The molecule has 1 aliphatic heterocycles. The van der Waals surface area contributed by atoms with Gasteiger partial charge in [0.1, 0.15) is 5.82 Å². The highest BCUT2D eigenvalue weighted by atomic mass is 35.5. The molecular formula is C17H12ClFN4O. The molecule has 0 atom stereocenters. The summed E-state index contributed by atoms with van der Waals surface area (Å²) in [5.74, 6) is -0.175. The summed E-state index contributed by atoms with van der Waals surface area (Å²) in [6.07, 6.45) is 2.33. The Labute approximate surface area is 141 Å². The van der Waals surface area contributed by atoms with Crippen LogP contribution in [0.15, 0.2) is 36.5 Å². The fourth-order valence-corrected chi connectivity index (χ4v) is 2.94. The van der Waals surface area contributed by atoms with Gasteiger partial charge in [-0.1, -0.05) is 11.6 Å². The third-order valence-corrected chi connectivity index (χ3v) is 4.23. The summed E-state index contributed by atoms with van der Waals surface area (Å²) in [5, 5.41) is 3.18. The highest BCUT2D eigenvalue weighted by molar-refractivity contribution is 6.33. The molecule has 2 N–H and O–H groups in total. The smallest absolute Gasteiger partial charge is 0.253 e. The van der Waals surface area contributed by atoms with Crippen LogP contribution < -0.4 is 5.32 Å². The van der Waals surface area contributed by atoms with Crippen molar-refractivity contribution in [2.75, 3.05) is 6.54 Å². The zero-order valence-electron chi connectivity index (χ0n) is 12.4. The lowest BCUT2D eigenvalue weighted by atomic mass is 10.1. The quantitative estimate of drug-likeness (QED) is 0.751. The molecule has 0 fully saturated rings. The molecule has 2 aromatic heterocycles. The molecule has 4 rings (SSSR count). The van der Waals surface area contributed by atoms with Crippen molar-refractivity contribution in [2.45, 2.75) is 6.42 Å². The van der Waals surface area contributed by atoms with Gasteiger partial charge in [0, 0.05) is 30.4 Å². The van der Waals surface area contributed by atoms with E-state index >= 15 is 0 Å². The van der Waals surface area contributed by atoms with E-state index in [0.29, 0.717) is 39.9 Å². The Kier molecular flexibility index (Phi) is 3.54. The van der Waals surface area contributed by atoms with Crippen molar-refractivity contribution in [3.63, 3.8) is 0 Å². The minimum Gasteiger partial charge on any atom is -0.356 e. The van der Waals surface area contributed by atoms with Gasteiger partial charge in [-0.25, -0.2) is 14.4 Å². The third kappa shape index (κ3) is 2.55. The molecule has 7 heteroatoms. The van der Waals surface area contributed by atoms with Crippen molar-refractivity contribution in [3.05, 3.63) is 58.6 Å². The zero-order valence-corrected chi connectivity index (χ0v) is 13.2. The van der Waals surface area contributed by atoms with Crippen LogP contribution in [0.4, 0.5) is 4.39 Å². The Morgan fingerprint density at radius 2 is 2.04 bits per heavy atom. The van der Waals surface area contributed by atoms with E-state index < -0.39 is 5.82 Å². The summed E-state index contributed by atoms with van der Waals surface area (Å²) >= 11 is 6.12. The number of benzene rings is 1. The molecule has 5 nitrogen and oxygen atoms in total. The number of hydrogen-bond acceptors (Lipinski definition) is 3. The number of halogens is 2. The van der Waals surface area contributed by atoms with E-state index in [4.69, 9.17) is 11.6 Å². The number of fused-ring (bicyclic) bond motifs is 1. The topological polar surface area (TPSA) is 70.7 Å². The molecule has 1 aromatic carbocycles. The number of rotatable bonds is 2. The van der Waals surface area contributed by atoms with Crippen LogP contribution in [0, 0.1) is 5.82 Å². The number of carbonyl (C=O) groups is 1. The standard InChI is InChI=1S/C17H12ClFN4O/c18-12-2-1-9(19)7-10(12)16-20-5-4-14(23-16)15-8-11-13(22-15)3-6-21-17(11)24/h1-2,4-5,7-8,22H,3,6H2,(H,21,24). The van der Waals surface area contributed by atoms with Crippen LogP contribution in [0.2, 0.25) is 5.02 Å². The molecule has 0 saturated carbocycles. The van der Waals surface area contributed by atoms with Crippen LogP contribution in [-0.2, 0) is 6.42 Å². The molecule has 0 saturated heterocycles. The van der Waals surface area contributed by atoms with Gasteiger partial charge in [0.15, 0.2) is 5.82 Å². The van der Waals surface area contributed by atoms with Crippen molar-refractivity contribution in [3.8, 4) is 22.8 Å². The minimum atomic E-state index is -0.407. The maximum Gasteiger partial charge on any atom is 0.253 e. The number of hydrogen-bond donors (Lipinski definition) is 2. The fraction of sp³-hybridized carbons (Fsp3) is 0.118. The van der Waals surface area contributed by atoms with E-state index in [2.05, 4.69) is 20.3 Å². The SMILES string of the molecule is O=C1NCCc2[nH]c(-c3ccnc(-c4cc(F)ccc4Cl)n3)cc21. The molecule has 24 heavy (non-hydrogen) atoms. The lowest BCUT2D eigenvalue weighted by Gasteiger charge is -2.10. The summed E-state index contributed by atoms with van der Waals surface area (Å²) in [7, 11) is 0. The fourth-order valence-electron chi connectivity index (χ4n) is 2.74. The van der Waals surface area contributed by atoms with Gasteiger partial charge in [0.2, 0.25) is 0 Å². The Morgan fingerprint density at radius 1 is 1.17 bits per heavy atom. The molecule has 0 bridgehead atoms. The maximum atomic E-state index is 13.5. The number of nitrogens with zero attached hydrogens (tertiary/aromatic N) is 2. The average molecular weight is 343 g/mol. The van der Waals surface area contributed by atoms with Gasteiger partial charge in [-0.05, 0) is 30.3 Å². The molecule has 0 spiro atoms. The van der Waals surface area contributed by atoms with Crippen LogP contribution in [0.5, 0.6) is 0 Å². The van der Waals surface area contributed by atoms with Crippen molar-refractivity contribution >= 4 is 17.5 Å². The Bertz CT molecular complexity index is 954. The Morgan fingerprint density at radius 3 is 2.88 bits per heavy atom. The Hall–Kier alpha value is -2.73. The van der Waals surface area contributed by atoms with E-state index in [0.717, 1.165) is 12.1 Å². The lowest BCUT2D eigenvalue weighted by molar-refractivity contribution is 0.0946. The first-order valence-electron chi connectivity index (χ1n) is 7.41. The summed E-state index contributed by atoms with van der Waals surface area (Å²) < 4.78 is 13.5. The first-order valence-corrected chi connectivity index (χ1v) is 7.78. The van der Waals surface area contributed by atoms with Gasteiger partial charge >= 0.3 is 0 Å². The van der Waals surface area contributed by atoms with Gasteiger partial charge in [0.05, 0.1) is 22.0 Å². The zero-order chi connectivity index (χ0) is 16.7. The van der Waals surface area contributed by atoms with Crippen molar-refractivity contribution in [1.29, 1.82) is 0 Å². The number of carbonyl (C=O) groups excluding carboxylic acids is 1. The van der Waals surface area contributed by atoms with E-state index in [-0.39, 0.29) is 5.91 Å². The number of aromatic amines is 1. The molecule has 120 valence electrons. The second kappa shape index (κ2) is 5.72. The second-order valence-electron chi connectivity index (χ2n) is 5.47. The Balaban J connectivity index is 1.78. The van der Waals surface area contributed by atoms with Crippen molar-refractivity contribution in [1.82, 2.24) is 20.3 Å². The van der Waals surface area contributed by atoms with Gasteiger partial charge in [-0.3, -0.25) is 4.79 Å². The number of aromatic nitrogens is 3. The van der Waals surface area contributed by atoms with Gasteiger partial charge in [0.25, 0.3) is 5.91 Å². The number of amides is 1. The van der Waals surface area contributed by atoms with E-state index in [1.54, 1.807) is 18.3 Å². The number of H-pyrrole nitrogens is 1. The summed E-state index contributed by atoms with van der Waals surface area (Å²) in [6, 6.07) is 7.55. The third-order valence-electron chi connectivity index (χ3n) is 3.91. The first-order chi connectivity index (χ1) is 11.6. The molecule has 1 aliphatic rings. The largest absolute Gasteiger partial charge is 0.356 e. The highest BCUT2D eigenvalue weighted by Crippen LogP contribution is 2.28. The summed E-state index contributed by atoms with van der Waals surface area (Å²) in [4.78, 5) is 23.7. The minimum absolute atomic E-state index is 0.0961. The normalized spacial score (nSPS) is 13.5. The molecular weight excluding hydrogens is 331 g/mol. The predicted molar refractivity (Wildman–Crippen MR) is 88.3 cm³/mol. The van der Waals surface area contributed by atoms with Crippen LogP contribution in [0.25, 0.3) is 22.8 Å². The van der Waals surface area contributed by atoms with Gasteiger partial charge in [-0.15, -0.1) is 0 Å². The average Bonchev–Trinajstić information content (AvgIpc) is 3.03. The van der Waals surface area contributed by atoms with Crippen LogP contribution in [0.3, 0.4) is 0 Å². The molecule has 3 heterocycles. The summed E-state index contributed by atoms with van der Waals surface area (Å²) in [6.45, 7) is 0.611. The molecule has 1 amide bonds. The van der Waals surface area contributed by atoms with Gasteiger partial charge < -0.3 is 10.3 Å². The van der Waals surface area contributed by atoms with E-state index in [9.17, 15) is 9.18 Å². The van der Waals surface area contributed by atoms with E-state index in [1.807, 2.05) is 0 Å². The monoisotopic (exact) mass is 342 g/mol. The molecule has 0 unspecified atom stereocenters. The van der Waals surface area contributed by atoms with Crippen molar-refractivity contribution in [2.24, 2.45) is 0 Å². The maximum absolute atomic E-state index is 13.5. The van der Waals surface area contributed by atoms with E-state index in [1.165, 1.54) is 18.2 Å². The number of nitrogens with one attached hydrogen (secondary N) is 2.